The summed E-state index contributed by atoms with van der Waals surface area (Å²) in [5, 5.41) is 3.52. The molecule has 0 bridgehead atoms. The highest BCUT2D eigenvalue weighted by Gasteiger charge is 2.57. The molecule has 2 saturated carbocycles. The maximum atomic E-state index is 12.6. The van der Waals surface area contributed by atoms with Crippen LogP contribution in [0, 0.1) is 23.7 Å². The lowest BCUT2D eigenvalue weighted by Gasteiger charge is -2.34. The SMILES string of the molecule is CC(C)NCC1CCCN(C(=O)C2C3CCCC32)C1. The fourth-order valence-electron chi connectivity index (χ4n) is 4.23. The van der Waals surface area contributed by atoms with Crippen LogP contribution in [-0.2, 0) is 4.79 Å². The lowest BCUT2D eigenvalue weighted by atomic mass is 9.97. The average Bonchev–Trinajstić information content (AvgIpc) is 2.88. The molecule has 1 heterocycles. The quantitative estimate of drug-likeness (QED) is 0.845. The molecule has 3 nitrogen and oxygen atoms in total. The van der Waals surface area contributed by atoms with Gasteiger partial charge in [0, 0.05) is 25.0 Å². The van der Waals surface area contributed by atoms with Crippen molar-refractivity contribution in [2.45, 2.75) is 52.0 Å². The van der Waals surface area contributed by atoms with Crippen LogP contribution in [-0.4, -0.2) is 36.5 Å². The first-order valence-electron chi connectivity index (χ1n) is 8.19. The minimum atomic E-state index is 0.422. The Hall–Kier alpha value is -0.570. The van der Waals surface area contributed by atoms with E-state index >= 15 is 0 Å². The second kappa shape index (κ2) is 5.43. The number of hydrogen-bond acceptors (Lipinski definition) is 2. The number of hydrogen-bond donors (Lipinski definition) is 1. The number of piperidine rings is 1. The number of likely N-dealkylation sites (tertiary alicyclic amines) is 1. The van der Waals surface area contributed by atoms with Crippen molar-refractivity contribution in [3.05, 3.63) is 0 Å². The molecule has 1 N–H and O–H groups in total. The van der Waals surface area contributed by atoms with Crippen LogP contribution in [0.3, 0.4) is 0 Å². The number of fused-ring (bicyclic) bond motifs is 1. The first-order valence-corrected chi connectivity index (χ1v) is 8.19. The molecule has 0 aromatic rings. The molecule has 0 radical (unpaired) electrons. The summed E-state index contributed by atoms with van der Waals surface area (Å²) in [5.74, 6) is 3.11. The van der Waals surface area contributed by atoms with E-state index in [0.29, 0.717) is 23.8 Å². The van der Waals surface area contributed by atoms with Crippen LogP contribution in [0.25, 0.3) is 0 Å². The summed E-state index contributed by atoms with van der Waals surface area (Å²) in [7, 11) is 0. The predicted octanol–water partition coefficient (Wildman–Crippen LogP) is 2.27. The summed E-state index contributed by atoms with van der Waals surface area (Å²) in [6.45, 7) is 7.45. The largest absolute Gasteiger partial charge is 0.342 e. The highest BCUT2D eigenvalue weighted by atomic mass is 16.2. The summed E-state index contributed by atoms with van der Waals surface area (Å²) >= 11 is 0. The molecule has 3 aliphatic rings. The second-order valence-corrected chi connectivity index (χ2v) is 7.14. The van der Waals surface area contributed by atoms with Crippen molar-refractivity contribution in [1.29, 1.82) is 0 Å². The Balaban J connectivity index is 1.49. The molecule has 1 aliphatic heterocycles. The van der Waals surface area contributed by atoms with E-state index in [1.54, 1.807) is 0 Å². The van der Waals surface area contributed by atoms with Crippen LogP contribution < -0.4 is 5.32 Å². The van der Waals surface area contributed by atoms with E-state index in [2.05, 4.69) is 24.1 Å². The second-order valence-electron chi connectivity index (χ2n) is 7.14. The molecule has 0 aromatic heterocycles. The zero-order valence-electron chi connectivity index (χ0n) is 12.4. The van der Waals surface area contributed by atoms with Crippen molar-refractivity contribution in [2.24, 2.45) is 23.7 Å². The first kappa shape index (κ1) is 13.4. The Labute approximate surface area is 117 Å². The van der Waals surface area contributed by atoms with E-state index < -0.39 is 0 Å². The fourth-order valence-corrected chi connectivity index (χ4v) is 4.23. The Morgan fingerprint density at radius 2 is 1.95 bits per heavy atom. The lowest BCUT2D eigenvalue weighted by molar-refractivity contribution is -0.135. The van der Waals surface area contributed by atoms with Gasteiger partial charge in [0.2, 0.25) is 5.91 Å². The van der Waals surface area contributed by atoms with Crippen LogP contribution in [0.2, 0.25) is 0 Å². The number of rotatable bonds is 4. The van der Waals surface area contributed by atoms with Gasteiger partial charge >= 0.3 is 0 Å². The third-order valence-electron chi connectivity index (χ3n) is 5.34. The van der Waals surface area contributed by atoms with Crippen molar-refractivity contribution in [2.75, 3.05) is 19.6 Å². The molecule has 1 saturated heterocycles. The molecule has 19 heavy (non-hydrogen) atoms. The number of amides is 1. The minimum Gasteiger partial charge on any atom is -0.342 e. The zero-order valence-corrected chi connectivity index (χ0v) is 12.4. The average molecular weight is 264 g/mol. The molecule has 3 heteroatoms. The molecule has 3 unspecified atom stereocenters. The summed E-state index contributed by atoms with van der Waals surface area (Å²) in [5.41, 5.74) is 0. The van der Waals surface area contributed by atoms with E-state index in [1.807, 2.05) is 0 Å². The van der Waals surface area contributed by atoms with Crippen molar-refractivity contribution < 1.29 is 4.79 Å². The maximum Gasteiger partial charge on any atom is 0.226 e. The van der Waals surface area contributed by atoms with Crippen molar-refractivity contribution >= 4 is 5.91 Å². The highest BCUT2D eigenvalue weighted by Crippen LogP contribution is 2.58. The monoisotopic (exact) mass is 264 g/mol. The van der Waals surface area contributed by atoms with Crippen LogP contribution >= 0.6 is 0 Å². The number of carbonyl (C=O) groups is 1. The van der Waals surface area contributed by atoms with Crippen LogP contribution in [0.4, 0.5) is 0 Å². The van der Waals surface area contributed by atoms with Gasteiger partial charge in [-0.05, 0) is 50.0 Å². The maximum absolute atomic E-state index is 12.6. The fraction of sp³-hybridized carbons (Fsp3) is 0.938. The summed E-state index contributed by atoms with van der Waals surface area (Å²) in [6, 6.07) is 0.550. The lowest BCUT2D eigenvalue weighted by Crippen LogP contribution is -2.44. The number of carbonyl (C=O) groups excluding carboxylic acids is 1. The van der Waals surface area contributed by atoms with Gasteiger partial charge in [-0.1, -0.05) is 20.3 Å². The summed E-state index contributed by atoms with van der Waals surface area (Å²) in [6.07, 6.45) is 6.46. The van der Waals surface area contributed by atoms with Gasteiger partial charge in [0.25, 0.3) is 0 Å². The van der Waals surface area contributed by atoms with Crippen LogP contribution in [0.1, 0.15) is 46.0 Å². The van der Waals surface area contributed by atoms with Gasteiger partial charge in [-0.25, -0.2) is 0 Å². The normalized spacial score (nSPS) is 37.5. The number of nitrogens with one attached hydrogen (secondary N) is 1. The van der Waals surface area contributed by atoms with Crippen LogP contribution in [0.5, 0.6) is 0 Å². The predicted molar refractivity (Wildman–Crippen MR) is 76.8 cm³/mol. The van der Waals surface area contributed by atoms with Gasteiger partial charge in [-0.15, -0.1) is 0 Å². The molecule has 108 valence electrons. The van der Waals surface area contributed by atoms with Gasteiger partial charge in [-0.3, -0.25) is 4.79 Å². The Bertz CT molecular complexity index is 332. The van der Waals surface area contributed by atoms with E-state index in [9.17, 15) is 4.79 Å². The Morgan fingerprint density at radius 1 is 1.21 bits per heavy atom. The Kier molecular flexibility index (Phi) is 3.84. The number of nitrogens with zero attached hydrogens (tertiary/aromatic N) is 1. The topological polar surface area (TPSA) is 32.3 Å². The molecular weight excluding hydrogens is 236 g/mol. The van der Waals surface area contributed by atoms with Crippen molar-refractivity contribution in [3.8, 4) is 0 Å². The molecule has 0 spiro atoms. The minimum absolute atomic E-state index is 0.422. The molecular formula is C16H28N2O. The van der Waals surface area contributed by atoms with Gasteiger partial charge in [0.15, 0.2) is 0 Å². The van der Waals surface area contributed by atoms with Crippen molar-refractivity contribution in [3.63, 3.8) is 0 Å². The summed E-state index contributed by atoms with van der Waals surface area (Å²) < 4.78 is 0. The molecule has 3 atom stereocenters. The van der Waals surface area contributed by atoms with Crippen molar-refractivity contribution in [1.82, 2.24) is 10.2 Å². The molecule has 3 rings (SSSR count). The first-order chi connectivity index (χ1) is 9.16. The zero-order chi connectivity index (χ0) is 13.4. The van der Waals surface area contributed by atoms with E-state index in [0.717, 1.165) is 31.5 Å². The molecule has 2 aliphatic carbocycles. The van der Waals surface area contributed by atoms with Gasteiger partial charge in [-0.2, -0.15) is 0 Å². The molecule has 0 aromatic carbocycles. The smallest absolute Gasteiger partial charge is 0.226 e. The van der Waals surface area contributed by atoms with Gasteiger partial charge in [0.05, 0.1) is 0 Å². The van der Waals surface area contributed by atoms with Gasteiger partial charge < -0.3 is 10.2 Å². The molecule has 1 amide bonds. The highest BCUT2D eigenvalue weighted by molar-refractivity contribution is 5.82. The van der Waals surface area contributed by atoms with E-state index in [1.165, 1.54) is 32.1 Å². The standard InChI is InChI=1S/C16H28N2O/c1-11(2)17-9-12-5-4-8-18(10-12)16(19)15-13-6-3-7-14(13)15/h11-15,17H,3-10H2,1-2H3. The van der Waals surface area contributed by atoms with E-state index in [-0.39, 0.29) is 0 Å². The molecule has 3 fully saturated rings. The van der Waals surface area contributed by atoms with E-state index in [4.69, 9.17) is 0 Å². The van der Waals surface area contributed by atoms with Gasteiger partial charge in [0.1, 0.15) is 0 Å². The Morgan fingerprint density at radius 3 is 2.63 bits per heavy atom. The summed E-state index contributed by atoms with van der Waals surface area (Å²) in [4.78, 5) is 14.7. The third kappa shape index (κ3) is 2.81. The van der Waals surface area contributed by atoms with Crippen LogP contribution in [0.15, 0.2) is 0 Å². The third-order valence-corrected chi connectivity index (χ3v) is 5.34.